The van der Waals surface area contributed by atoms with E-state index in [0.717, 1.165) is 0 Å². The molecule has 2 rings (SSSR count). The van der Waals surface area contributed by atoms with Gasteiger partial charge < -0.3 is 0 Å². The van der Waals surface area contributed by atoms with Crippen molar-refractivity contribution in [1.29, 1.82) is 0 Å². The van der Waals surface area contributed by atoms with Crippen molar-refractivity contribution in [2.24, 2.45) is 0 Å². The molecule has 2 aromatic heterocycles. The first kappa shape index (κ1) is 14.4. The van der Waals surface area contributed by atoms with Gasteiger partial charge in [0, 0.05) is 16.9 Å². The molecule has 2 heterocycles. The highest BCUT2D eigenvalue weighted by molar-refractivity contribution is 9.10. The number of halogens is 2. The number of anilines is 1. The van der Waals surface area contributed by atoms with Gasteiger partial charge in [-0.25, -0.2) is 13.4 Å². The Morgan fingerprint density at radius 1 is 1.21 bits per heavy atom. The van der Waals surface area contributed by atoms with Crippen molar-refractivity contribution in [3.8, 4) is 0 Å². The van der Waals surface area contributed by atoms with Crippen LogP contribution in [0.1, 0.15) is 5.69 Å². The topological polar surface area (TPSA) is 72.0 Å². The lowest BCUT2D eigenvalue weighted by atomic mass is 10.3. The van der Waals surface area contributed by atoms with Crippen molar-refractivity contribution in [2.45, 2.75) is 11.8 Å². The first-order valence-corrected chi connectivity index (χ1v) is 8.22. The highest BCUT2D eigenvalue weighted by Crippen LogP contribution is 2.21. The second-order valence-electron chi connectivity index (χ2n) is 3.71. The lowest BCUT2D eigenvalue weighted by Crippen LogP contribution is -2.14. The normalized spacial score (nSPS) is 11.3. The van der Waals surface area contributed by atoms with Crippen LogP contribution in [0.5, 0.6) is 0 Å². The van der Waals surface area contributed by atoms with Crippen LogP contribution < -0.4 is 4.72 Å². The average molecular weight is 407 g/mol. The molecule has 19 heavy (non-hydrogen) atoms. The zero-order chi connectivity index (χ0) is 14.0. The number of aryl methyl sites for hydroxylation is 1. The zero-order valence-corrected chi connectivity index (χ0v) is 13.8. The molecule has 0 aromatic carbocycles. The fraction of sp³-hybridized carbons (Fsp3) is 0.0909. The maximum absolute atomic E-state index is 12.2. The first-order valence-electron chi connectivity index (χ1n) is 5.15. The highest BCUT2D eigenvalue weighted by Gasteiger charge is 2.16. The van der Waals surface area contributed by atoms with Crippen molar-refractivity contribution in [1.82, 2.24) is 9.97 Å². The minimum atomic E-state index is -3.67. The summed E-state index contributed by atoms with van der Waals surface area (Å²) in [5.41, 5.74) is 1.02. The predicted octanol–water partition coefficient (Wildman–Crippen LogP) is 3.11. The van der Waals surface area contributed by atoms with Gasteiger partial charge in [0.15, 0.2) is 0 Å². The molecule has 0 aliphatic carbocycles. The summed E-state index contributed by atoms with van der Waals surface area (Å²) in [4.78, 5) is 8.06. The van der Waals surface area contributed by atoms with Gasteiger partial charge in [-0.15, -0.1) is 0 Å². The van der Waals surface area contributed by atoms with Crippen LogP contribution in [0.3, 0.4) is 0 Å². The van der Waals surface area contributed by atoms with Gasteiger partial charge in [-0.1, -0.05) is 0 Å². The molecule has 0 atom stereocenters. The van der Waals surface area contributed by atoms with Crippen LogP contribution in [0.4, 0.5) is 5.69 Å². The molecular formula is C11H9Br2N3O2S. The van der Waals surface area contributed by atoms with E-state index in [4.69, 9.17) is 0 Å². The molecule has 1 N–H and O–H groups in total. The summed E-state index contributed by atoms with van der Waals surface area (Å²) in [5.74, 6) is 0. The lowest BCUT2D eigenvalue weighted by molar-refractivity contribution is 0.600. The Balaban J connectivity index is 2.36. The second kappa shape index (κ2) is 5.56. The summed E-state index contributed by atoms with van der Waals surface area (Å²) >= 11 is 6.42. The fourth-order valence-electron chi connectivity index (χ4n) is 1.38. The highest BCUT2D eigenvalue weighted by atomic mass is 79.9. The molecule has 0 saturated heterocycles. The minimum Gasteiger partial charge on any atom is -0.278 e. The van der Waals surface area contributed by atoms with Gasteiger partial charge in [0.05, 0.1) is 11.4 Å². The Morgan fingerprint density at radius 3 is 2.58 bits per heavy atom. The molecule has 0 aliphatic rings. The van der Waals surface area contributed by atoms with E-state index in [2.05, 4.69) is 46.5 Å². The monoisotopic (exact) mass is 405 g/mol. The van der Waals surface area contributed by atoms with Crippen LogP contribution in [0.2, 0.25) is 0 Å². The molecule has 0 amide bonds. The third kappa shape index (κ3) is 3.52. The molecule has 0 bridgehead atoms. The summed E-state index contributed by atoms with van der Waals surface area (Å²) < 4.78 is 28.1. The number of nitrogens with zero attached hydrogens (tertiary/aromatic N) is 2. The van der Waals surface area contributed by atoms with E-state index >= 15 is 0 Å². The summed E-state index contributed by atoms with van der Waals surface area (Å²) in [7, 11) is -3.67. The van der Waals surface area contributed by atoms with Crippen LogP contribution in [-0.2, 0) is 10.0 Å². The number of rotatable bonds is 3. The van der Waals surface area contributed by atoms with Gasteiger partial charge in [-0.2, -0.15) is 0 Å². The fourth-order valence-corrected chi connectivity index (χ4v) is 3.40. The van der Waals surface area contributed by atoms with Crippen molar-refractivity contribution in [2.75, 3.05) is 4.72 Å². The van der Waals surface area contributed by atoms with Gasteiger partial charge >= 0.3 is 0 Å². The summed E-state index contributed by atoms with van der Waals surface area (Å²) in [6.45, 7) is 1.72. The quantitative estimate of drug-likeness (QED) is 0.795. The summed E-state index contributed by atoms with van der Waals surface area (Å²) in [5, 5.41) is 0. The van der Waals surface area contributed by atoms with E-state index in [0.29, 0.717) is 20.5 Å². The van der Waals surface area contributed by atoms with Gasteiger partial charge in [-0.3, -0.25) is 9.71 Å². The number of aromatic nitrogens is 2. The molecule has 0 aliphatic heterocycles. The van der Waals surface area contributed by atoms with E-state index < -0.39 is 10.0 Å². The molecule has 0 radical (unpaired) electrons. The van der Waals surface area contributed by atoms with Crippen molar-refractivity contribution in [3.05, 3.63) is 45.4 Å². The third-order valence-electron chi connectivity index (χ3n) is 2.29. The standard InChI is InChI=1S/C11H9Br2N3O2S/c1-7-10(2-3-11(13)15-7)16-19(17,18)9-4-8(12)5-14-6-9/h2-6,16H,1H3. The van der Waals surface area contributed by atoms with E-state index in [1.54, 1.807) is 19.1 Å². The predicted molar refractivity (Wildman–Crippen MR) is 79.4 cm³/mol. The van der Waals surface area contributed by atoms with E-state index in [9.17, 15) is 8.42 Å². The van der Waals surface area contributed by atoms with Crippen molar-refractivity contribution >= 4 is 47.6 Å². The van der Waals surface area contributed by atoms with Crippen molar-refractivity contribution < 1.29 is 8.42 Å². The van der Waals surface area contributed by atoms with E-state index in [1.807, 2.05) is 0 Å². The Kier molecular flexibility index (Phi) is 4.22. The van der Waals surface area contributed by atoms with E-state index in [-0.39, 0.29) is 4.90 Å². The molecule has 5 nitrogen and oxygen atoms in total. The molecule has 0 spiro atoms. The number of hydrogen-bond donors (Lipinski definition) is 1. The Labute approximate surface area is 127 Å². The average Bonchev–Trinajstić information content (AvgIpc) is 2.33. The van der Waals surface area contributed by atoms with Crippen LogP contribution in [-0.4, -0.2) is 18.4 Å². The first-order chi connectivity index (χ1) is 8.88. The molecular weight excluding hydrogens is 398 g/mol. The third-order valence-corrected chi connectivity index (χ3v) is 4.49. The Morgan fingerprint density at radius 2 is 1.95 bits per heavy atom. The maximum Gasteiger partial charge on any atom is 0.263 e. The largest absolute Gasteiger partial charge is 0.278 e. The lowest BCUT2D eigenvalue weighted by Gasteiger charge is -2.10. The van der Waals surface area contributed by atoms with Crippen molar-refractivity contribution in [3.63, 3.8) is 0 Å². The summed E-state index contributed by atoms with van der Waals surface area (Å²) in [6.07, 6.45) is 2.81. The van der Waals surface area contributed by atoms with Gasteiger partial charge in [0.2, 0.25) is 0 Å². The van der Waals surface area contributed by atoms with Gasteiger partial charge in [0.1, 0.15) is 9.50 Å². The molecule has 100 valence electrons. The maximum atomic E-state index is 12.2. The number of nitrogens with one attached hydrogen (secondary N) is 1. The van der Waals surface area contributed by atoms with Crippen LogP contribution in [0, 0.1) is 6.92 Å². The minimum absolute atomic E-state index is 0.0872. The molecule has 8 heteroatoms. The zero-order valence-electron chi connectivity index (χ0n) is 9.76. The van der Waals surface area contributed by atoms with Crippen LogP contribution >= 0.6 is 31.9 Å². The molecule has 0 unspecified atom stereocenters. The smallest absolute Gasteiger partial charge is 0.263 e. The second-order valence-corrected chi connectivity index (χ2v) is 7.12. The van der Waals surface area contributed by atoms with Crippen LogP contribution in [0.15, 0.2) is 44.6 Å². The number of sulfonamides is 1. The van der Waals surface area contributed by atoms with E-state index in [1.165, 1.54) is 18.5 Å². The summed E-state index contributed by atoms with van der Waals surface area (Å²) in [6, 6.07) is 4.80. The molecule has 0 saturated carbocycles. The van der Waals surface area contributed by atoms with Gasteiger partial charge in [-0.05, 0) is 57.0 Å². The number of hydrogen-bond acceptors (Lipinski definition) is 4. The Bertz CT molecular complexity index is 720. The Hall–Kier alpha value is -0.990. The number of pyridine rings is 2. The SMILES string of the molecule is Cc1nc(Br)ccc1NS(=O)(=O)c1cncc(Br)c1. The van der Waals surface area contributed by atoms with Crippen LogP contribution in [0.25, 0.3) is 0 Å². The van der Waals surface area contributed by atoms with Gasteiger partial charge in [0.25, 0.3) is 10.0 Å². The molecule has 2 aromatic rings. The molecule has 0 fully saturated rings.